The molecular formula is C20H24N4O3. The highest BCUT2D eigenvalue weighted by Gasteiger charge is 2.36. The number of benzene rings is 1. The number of rotatable bonds is 4. The Labute approximate surface area is 158 Å². The Bertz CT molecular complexity index is 834. The maximum absolute atomic E-state index is 12.8. The number of piperidine rings is 1. The van der Waals surface area contributed by atoms with E-state index in [4.69, 9.17) is 4.74 Å². The van der Waals surface area contributed by atoms with Crippen LogP contribution in [0, 0.1) is 5.92 Å². The van der Waals surface area contributed by atoms with E-state index in [9.17, 15) is 9.59 Å². The first kappa shape index (κ1) is 17.5. The standard InChI is InChI=1S/C20H24N4O3/c1-2-27-18-8-7-15(11-17(18)23-9-3-4-10-23)22-20(26)24-12-14-5-6-16(13-24)21-19(14)25/h3-4,7-11,14,16H,2,5-6,12-13H2,1H3,(H,21,25)(H,22,26)/t14-,16+/m1/s1. The molecule has 142 valence electrons. The summed E-state index contributed by atoms with van der Waals surface area (Å²) in [4.78, 5) is 26.5. The minimum atomic E-state index is -0.175. The number of ether oxygens (including phenoxy) is 1. The number of urea groups is 1. The maximum atomic E-state index is 12.8. The van der Waals surface area contributed by atoms with E-state index in [1.54, 1.807) is 4.90 Å². The van der Waals surface area contributed by atoms with Crippen LogP contribution in [0.1, 0.15) is 19.8 Å². The second-order valence-corrected chi connectivity index (χ2v) is 7.02. The van der Waals surface area contributed by atoms with Crippen LogP contribution >= 0.6 is 0 Å². The molecule has 4 heterocycles. The van der Waals surface area contributed by atoms with Crippen molar-refractivity contribution in [3.63, 3.8) is 0 Å². The van der Waals surface area contributed by atoms with Crippen LogP contribution in [0.3, 0.4) is 0 Å². The largest absolute Gasteiger partial charge is 0.492 e. The molecule has 0 unspecified atom stereocenters. The van der Waals surface area contributed by atoms with E-state index in [-0.39, 0.29) is 23.9 Å². The topological polar surface area (TPSA) is 75.6 Å². The highest BCUT2D eigenvalue weighted by molar-refractivity contribution is 5.91. The van der Waals surface area contributed by atoms with Crippen molar-refractivity contribution in [2.45, 2.75) is 25.8 Å². The van der Waals surface area contributed by atoms with Gasteiger partial charge in [-0.2, -0.15) is 0 Å². The number of fused-ring (bicyclic) bond motifs is 4. The molecule has 0 aliphatic carbocycles. The van der Waals surface area contributed by atoms with Gasteiger partial charge in [-0.25, -0.2) is 4.79 Å². The molecule has 1 aromatic heterocycles. The number of anilines is 1. The Balaban J connectivity index is 1.53. The number of amides is 3. The zero-order valence-electron chi connectivity index (χ0n) is 15.4. The van der Waals surface area contributed by atoms with E-state index in [1.165, 1.54) is 0 Å². The lowest BCUT2D eigenvalue weighted by molar-refractivity contribution is -0.126. The third-order valence-electron chi connectivity index (χ3n) is 5.14. The second kappa shape index (κ2) is 7.34. The quantitative estimate of drug-likeness (QED) is 0.871. The lowest BCUT2D eigenvalue weighted by Gasteiger charge is -2.23. The zero-order chi connectivity index (χ0) is 18.8. The van der Waals surface area contributed by atoms with Gasteiger partial charge in [0.15, 0.2) is 0 Å². The molecule has 3 saturated heterocycles. The van der Waals surface area contributed by atoms with Crippen LogP contribution in [0.2, 0.25) is 0 Å². The van der Waals surface area contributed by atoms with Gasteiger partial charge < -0.3 is 24.8 Å². The monoisotopic (exact) mass is 368 g/mol. The summed E-state index contributed by atoms with van der Waals surface area (Å²) in [5.41, 5.74) is 1.57. The number of hydrogen-bond donors (Lipinski definition) is 2. The molecule has 3 aliphatic rings. The van der Waals surface area contributed by atoms with Gasteiger partial charge in [-0.3, -0.25) is 4.79 Å². The summed E-state index contributed by atoms with van der Waals surface area (Å²) in [5, 5.41) is 5.97. The minimum Gasteiger partial charge on any atom is -0.492 e. The van der Waals surface area contributed by atoms with Crippen LogP contribution in [0.5, 0.6) is 5.75 Å². The third-order valence-corrected chi connectivity index (χ3v) is 5.14. The summed E-state index contributed by atoms with van der Waals surface area (Å²) < 4.78 is 7.67. The van der Waals surface area contributed by atoms with Gasteiger partial charge in [0.2, 0.25) is 5.91 Å². The average Bonchev–Trinajstić information content (AvgIpc) is 3.05. The first-order chi connectivity index (χ1) is 13.1. The lowest BCUT2D eigenvalue weighted by atomic mass is 9.96. The van der Waals surface area contributed by atoms with E-state index in [2.05, 4.69) is 10.6 Å². The van der Waals surface area contributed by atoms with Gasteiger partial charge in [0, 0.05) is 37.2 Å². The molecular weight excluding hydrogens is 344 g/mol. The Morgan fingerprint density at radius 1 is 1.26 bits per heavy atom. The summed E-state index contributed by atoms with van der Waals surface area (Å²) >= 11 is 0. The van der Waals surface area contributed by atoms with Gasteiger partial charge in [-0.15, -0.1) is 0 Å². The molecule has 0 saturated carbocycles. The smallest absolute Gasteiger partial charge is 0.321 e. The molecule has 0 spiro atoms. The zero-order valence-corrected chi connectivity index (χ0v) is 15.4. The molecule has 3 aliphatic heterocycles. The number of hydrogen-bond acceptors (Lipinski definition) is 3. The highest BCUT2D eigenvalue weighted by Crippen LogP contribution is 2.28. The molecule has 3 fully saturated rings. The van der Waals surface area contributed by atoms with Gasteiger partial charge in [0.05, 0.1) is 18.2 Å². The van der Waals surface area contributed by atoms with Crippen molar-refractivity contribution >= 4 is 17.6 Å². The molecule has 27 heavy (non-hydrogen) atoms. The normalized spacial score (nSPS) is 21.5. The molecule has 2 bridgehead atoms. The molecule has 0 radical (unpaired) electrons. The van der Waals surface area contributed by atoms with Crippen LogP contribution in [0.4, 0.5) is 10.5 Å². The number of carbonyl (C=O) groups is 2. The maximum Gasteiger partial charge on any atom is 0.321 e. The summed E-state index contributed by atoms with van der Waals surface area (Å²) in [6.07, 6.45) is 5.66. The van der Waals surface area contributed by atoms with E-state index in [0.717, 1.165) is 24.3 Å². The molecule has 7 nitrogen and oxygen atoms in total. The fourth-order valence-electron chi connectivity index (χ4n) is 3.78. The second-order valence-electron chi connectivity index (χ2n) is 7.02. The van der Waals surface area contributed by atoms with Crippen LogP contribution < -0.4 is 15.4 Å². The van der Waals surface area contributed by atoms with Crippen LogP contribution in [0.25, 0.3) is 5.69 Å². The van der Waals surface area contributed by atoms with Gasteiger partial charge in [0.25, 0.3) is 0 Å². The highest BCUT2D eigenvalue weighted by atomic mass is 16.5. The first-order valence-electron chi connectivity index (χ1n) is 9.40. The SMILES string of the molecule is CCOc1ccc(NC(=O)N2C[C@@H]3CC[C@H](C2)C(=O)N3)cc1-n1cccc1. The molecule has 2 N–H and O–H groups in total. The molecule has 2 aromatic rings. The fraction of sp³-hybridized carbons (Fsp3) is 0.400. The first-order valence-corrected chi connectivity index (χ1v) is 9.40. The van der Waals surface area contributed by atoms with Crippen molar-refractivity contribution in [3.05, 3.63) is 42.7 Å². The summed E-state index contributed by atoms with van der Waals surface area (Å²) in [6, 6.07) is 9.37. The molecule has 2 atom stereocenters. The van der Waals surface area contributed by atoms with Crippen molar-refractivity contribution in [1.82, 2.24) is 14.8 Å². The van der Waals surface area contributed by atoms with Crippen LogP contribution in [-0.2, 0) is 4.79 Å². The third kappa shape index (κ3) is 3.63. The van der Waals surface area contributed by atoms with Crippen molar-refractivity contribution < 1.29 is 14.3 Å². The predicted octanol–water partition coefficient (Wildman–Crippen LogP) is 2.62. The van der Waals surface area contributed by atoms with Crippen molar-refractivity contribution in [1.29, 1.82) is 0 Å². The van der Waals surface area contributed by atoms with Crippen molar-refractivity contribution in [2.24, 2.45) is 5.92 Å². The molecule has 1 aromatic carbocycles. The van der Waals surface area contributed by atoms with Crippen LogP contribution in [0.15, 0.2) is 42.7 Å². The number of nitrogens with one attached hydrogen (secondary N) is 2. The predicted molar refractivity (Wildman–Crippen MR) is 102 cm³/mol. The number of carbonyl (C=O) groups excluding carboxylic acids is 2. The minimum absolute atomic E-state index is 0.0535. The van der Waals surface area contributed by atoms with Gasteiger partial charge in [0.1, 0.15) is 5.75 Å². The van der Waals surface area contributed by atoms with Crippen molar-refractivity contribution in [2.75, 3.05) is 25.0 Å². The Hall–Kier alpha value is -2.96. The summed E-state index contributed by atoms with van der Waals surface area (Å²) in [5.74, 6) is 0.720. The van der Waals surface area contributed by atoms with Gasteiger partial charge >= 0.3 is 6.03 Å². The number of nitrogens with zero attached hydrogens (tertiary/aromatic N) is 2. The fourth-order valence-corrected chi connectivity index (χ4v) is 3.78. The van der Waals surface area contributed by atoms with E-state index in [0.29, 0.717) is 25.4 Å². The van der Waals surface area contributed by atoms with Crippen LogP contribution in [-0.4, -0.2) is 47.1 Å². The molecule has 3 amide bonds. The van der Waals surface area contributed by atoms with Gasteiger partial charge in [-0.05, 0) is 50.1 Å². The van der Waals surface area contributed by atoms with Crippen molar-refractivity contribution in [3.8, 4) is 11.4 Å². The van der Waals surface area contributed by atoms with E-state index < -0.39 is 0 Å². The summed E-state index contributed by atoms with van der Waals surface area (Å²) in [6.45, 7) is 3.53. The Morgan fingerprint density at radius 3 is 2.81 bits per heavy atom. The molecule has 5 rings (SSSR count). The van der Waals surface area contributed by atoms with Gasteiger partial charge in [-0.1, -0.05) is 0 Å². The Kier molecular flexibility index (Phi) is 4.75. The average molecular weight is 368 g/mol. The summed E-state index contributed by atoms with van der Waals surface area (Å²) in [7, 11) is 0. The Morgan fingerprint density at radius 2 is 2.07 bits per heavy atom. The molecule has 7 heteroatoms. The van der Waals surface area contributed by atoms with E-state index in [1.807, 2.05) is 54.2 Å². The number of aromatic nitrogens is 1. The lowest BCUT2D eigenvalue weighted by Crippen LogP contribution is -2.44. The van der Waals surface area contributed by atoms with E-state index >= 15 is 0 Å².